The molecular weight excluding hydrogens is 304 g/mol. The Hall–Kier alpha value is -0.870. The number of nitrogens with one attached hydrogen (secondary N) is 1. The smallest absolute Gasteiger partial charge is 0.251 e. The van der Waals surface area contributed by atoms with Gasteiger partial charge in [-0.2, -0.15) is 0 Å². The lowest BCUT2D eigenvalue weighted by Crippen LogP contribution is -2.41. The van der Waals surface area contributed by atoms with Gasteiger partial charge in [-0.15, -0.1) is 0 Å². The Morgan fingerprint density at radius 1 is 1.53 bits per heavy atom. The third-order valence-electron chi connectivity index (χ3n) is 3.89. The molecular formula is C15H21BrN2O. The minimum absolute atomic E-state index is 0.00912. The SMILES string of the molecule is Cc1c(Br)cccc1C(=O)NCC(C)N(C)C1CC1. The molecule has 4 heteroatoms. The molecule has 2 rings (SSSR count). The minimum atomic E-state index is 0.00912. The van der Waals surface area contributed by atoms with Gasteiger partial charge in [0.15, 0.2) is 0 Å². The lowest BCUT2D eigenvalue weighted by atomic mass is 10.1. The molecule has 1 aliphatic rings. The van der Waals surface area contributed by atoms with Crippen molar-refractivity contribution in [1.82, 2.24) is 10.2 Å². The Morgan fingerprint density at radius 2 is 2.21 bits per heavy atom. The highest BCUT2D eigenvalue weighted by Gasteiger charge is 2.29. The summed E-state index contributed by atoms with van der Waals surface area (Å²) in [6.45, 7) is 4.81. The Morgan fingerprint density at radius 3 is 2.84 bits per heavy atom. The maximum atomic E-state index is 12.2. The molecule has 19 heavy (non-hydrogen) atoms. The predicted molar refractivity (Wildman–Crippen MR) is 81.5 cm³/mol. The van der Waals surface area contributed by atoms with Gasteiger partial charge in [0.05, 0.1) is 0 Å². The van der Waals surface area contributed by atoms with Crippen LogP contribution in [0.4, 0.5) is 0 Å². The van der Waals surface area contributed by atoms with E-state index in [1.807, 2.05) is 25.1 Å². The lowest BCUT2D eigenvalue weighted by molar-refractivity contribution is 0.0939. The summed E-state index contributed by atoms with van der Waals surface area (Å²) in [4.78, 5) is 14.5. The van der Waals surface area contributed by atoms with E-state index >= 15 is 0 Å². The summed E-state index contributed by atoms with van der Waals surface area (Å²) in [6.07, 6.45) is 2.58. The number of halogens is 1. The molecule has 0 aromatic heterocycles. The van der Waals surface area contributed by atoms with E-state index in [1.54, 1.807) is 0 Å². The largest absolute Gasteiger partial charge is 0.350 e. The van der Waals surface area contributed by atoms with Crippen LogP contribution < -0.4 is 5.32 Å². The van der Waals surface area contributed by atoms with Crippen molar-refractivity contribution < 1.29 is 4.79 Å². The van der Waals surface area contributed by atoms with Gasteiger partial charge in [-0.1, -0.05) is 22.0 Å². The zero-order valence-corrected chi connectivity index (χ0v) is 13.3. The molecule has 1 saturated carbocycles. The van der Waals surface area contributed by atoms with Gasteiger partial charge in [-0.3, -0.25) is 9.69 Å². The van der Waals surface area contributed by atoms with Crippen molar-refractivity contribution in [3.63, 3.8) is 0 Å². The first-order valence-corrected chi connectivity index (χ1v) is 7.55. The topological polar surface area (TPSA) is 32.3 Å². The summed E-state index contributed by atoms with van der Waals surface area (Å²) in [5.74, 6) is 0.00912. The normalized spacial score (nSPS) is 16.5. The van der Waals surface area contributed by atoms with E-state index in [1.165, 1.54) is 12.8 Å². The molecule has 0 saturated heterocycles. The lowest BCUT2D eigenvalue weighted by Gasteiger charge is -2.24. The van der Waals surface area contributed by atoms with Crippen LogP contribution in [-0.4, -0.2) is 36.5 Å². The maximum absolute atomic E-state index is 12.2. The van der Waals surface area contributed by atoms with Crippen molar-refractivity contribution in [2.75, 3.05) is 13.6 Å². The molecule has 0 spiro atoms. The van der Waals surface area contributed by atoms with Crippen molar-refractivity contribution in [2.24, 2.45) is 0 Å². The number of hydrogen-bond donors (Lipinski definition) is 1. The quantitative estimate of drug-likeness (QED) is 0.903. The molecule has 1 aliphatic carbocycles. The highest BCUT2D eigenvalue weighted by Crippen LogP contribution is 2.26. The monoisotopic (exact) mass is 324 g/mol. The molecule has 3 nitrogen and oxygen atoms in total. The predicted octanol–water partition coefficient (Wildman–Crippen LogP) is 2.97. The first kappa shape index (κ1) is 14.5. The third-order valence-corrected chi connectivity index (χ3v) is 4.75. The standard InChI is InChI=1S/C15H21BrN2O/c1-10(18(3)12-7-8-12)9-17-15(19)13-5-4-6-14(16)11(13)2/h4-6,10,12H,7-9H2,1-3H3,(H,17,19). The van der Waals surface area contributed by atoms with Crippen LogP contribution in [0, 0.1) is 6.92 Å². The molecule has 0 aliphatic heterocycles. The van der Waals surface area contributed by atoms with E-state index in [0.29, 0.717) is 12.6 Å². The molecule has 104 valence electrons. The summed E-state index contributed by atoms with van der Waals surface area (Å²) >= 11 is 3.46. The van der Waals surface area contributed by atoms with Gasteiger partial charge < -0.3 is 5.32 Å². The van der Waals surface area contributed by atoms with Gasteiger partial charge in [0.25, 0.3) is 5.91 Å². The minimum Gasteiger partial charge on any atom is -0.350 e. The summed E-state index contributed by atoms with van der Waals surface area (Å²) in [7, 11) is 2.14. The molecule has 1 fully saturated rings. The molecule has 0 radical (unpaired) electrons. The Bertz CT molecular complexity index is 471. The molecule has 1 aromatic rings. The Kier molecular flexibility index (Phi) is 4.63. The number of benzene rings is 1. The van der Waals surface area contributed by atoms with Crippen molar-refractivity contribution >= 4 is 21.8 Å². The van der Waals surface area contributed by atoms with Crippen LogP contribution >= 0.6 is 15.9 Å². The van der Waals surface area contributed by atoms with E-state index in [9.17, 15) is 4.79 Å². The maximum Gasteiger partial charge on any atom is 0.251 e. The van der Waals surface area contributed by atoms with Gasteiger partial charge >= 0.3 is 0 Å². The van der Waals surface area contributed by atoms with Gasteiger partial charge in [0.1, 0.15) is 0 Å². The number of carbonyl (C=O) groups excluding carboxylic acids is 1. The second-order valence-electron chi connectivity index (χ2n) is 5.37. The van der Waals surface area contributed by atoms with Crippen LogP contribution in [0.15, 0.2) is 22.7 Å². The highest BCUT2D eigenvalue weighted by molar-refractivity contribution is 9.10. The molecule has 0 bridgehead atoms. The van der Waals surface area contributed by atoms with Gasteiger partial charge in [0, 0.05) is 28.7 Å². The summed E-state index contributed by atoms with van der Waals surface area (Å²) < 4.78 is 0.975. The van der Waals surface area contributed by atoms with E-state index in [4.69, 9.17) is 0 Å². The Labute approximate surface area is 123 Å². The number of carbonyl (C=O) groups is 1. The van der Waals surface area contributed by atoms with Gasteiger partial charge in [-0.05, 0) is 51.4 Å². The fourth-order valence-electron chi connectivity index (χ4n) is 2.17. The zero-order chi connectivity index (χ0) is 14.0. The number of nitrogens with zero attached hydrogens (tertiary/aromatic N) is 1. The molecule has 1 atom stereocenters. The number of rotatable bonds is 5. The Balaban J connectivity index is 1.92. The van der Waals surface area contributed by atoms with Gasteiger partial charge in [0.2, 0.25) is 0 Å². The fraction of sp³-hybridized carbons (Fsp3) is 0.533. The average molecular weight is 325 g/mol. The highest BCUT2D eigenvalue weighted by atomic mass is 79.9. The van der Waals surface area contributed by atoms with E-state index in [0.717, 1.165) is 21.6 Å². The van der Waals surface area contributed by atoms with E-state index in [-0.39, 0.29) is 5.91 Å². The number of amides is 1. The molecule has 1 unspecified atom stereocenters. The summed E-state index contributed by atoms with van der Waals surface area (Å²) in [5.41, 5.74) is 1.74. The zero-order valence-electron chi connectivity index (χ0n) is 11.7. The van der Waals surface area contributed by atoms with Crippen molar-refractivity contribution in [3.05, 3.63) is 33.8 Å². The second kappa shape index (κ2) is 6.06. The van der Waals surface area contributed by atoms with Crippen LogP contribution in [0.25, 0.3) is 0 Å². The van der Waals surface area contributed by atoms with Crippen LogP contribution in [0.3, 0.4) is 0 Å². The molecule has 1 aromatic carbocycles. The van der Waals surface area contributed by atoms with Gasteiger partial charge in [-0.25, -0.2) is 0 Å². The number of likely N-dealkylation sites (N-methyl/N-ethyl adjacent to an activating group) is 1. The third kappa shape index (κ3) is 3.57. The van der Waals surface area contributed by atoms with Crippen LogP contribution in [0.1, 0.15) is 35.7 Å². The van der Waals surface area contributed by atoms with Crippen LogP contribution in [-0.2, 0) is 0 Å². The molecule has 1 N–H and O–H groups in total. The van der Waals surface area contributed by atoms with Crippen LogP contribution in [0.2, 0.25) is 0 Å². The first-order valence-electron chi connectivity index (χ1n) is 6.76. The van der Waals surface area contributed by atoms with Crippen molar-refractivity contribution in [1.29, 1.82) is 0 Å². The second-order valence-corrected chi connectivity index (χ2v) is 6.22. The van der Waals surface area contributed by atoms with E-state index in [2.05, 4.69) is 40.1 Å². The average Bonchev–Trinajstić information content (AvgIpc) is 3.22. The summed E-state index contributed by atoms with van der Waals surface area (Å²) in [5, 5.41) is 3.03. The molecule has 0 heterocycles. The summed E-state index contributed by atoms with van der Waals surface area (Å²) in [6, 6.07) is 6.81. The van der Waals surface area contributed by atoms with Crippen molar-refractivity contribution in [2.45, 2.75) is 38.8 Å². The van der Waals surface area contributed by atoms with Crippen LogP contribution in [0.5, 0.6) is 0 Å². The van der Waals surface area contributed by atoms with E-state index < -0.39 is 0 Å². The number of hydrogen-bond acceptors (Lipinski definition) is 2. The molecule has 1 amide bonds. The van der Waals surface area contributed by atoms with Crippen molar-refractivity contribution in [3.8, 4) is 0 Å². The fourth-order valence-corrected chi connectivity index (χ4v) is 2.54. The first-order chi connectivity index (χ1) is 9.00.